The predicted octanol–water partition coefficient (Wildman–Crippen LogP) is 22.1. The second-order valence-electron chi connectivity index (χ2n) is 23.5. The van der Waals surface area contributed by atoms with Gasteiger partial charge in [0.15, 0.2) is 0 Å². The van der Waals surface area contributed by atoms with Gasteiger partial charge >= 0.3 is 5.97 Å². The molecule has 452 valence electrons. The van der Waals surface area contributed by atoms with Crippen molar-refractivity contribution >= 4 is 11.9 Å². The molecule has 0 aromatic carbocycles. The summed E-state index contributed by atoms with van der Waals surface area (Å²) < 4.78 is 5.48. The van der Waals surface area contributed by atoms with Crippen LogP contribution < -0.4 is 5.32 Å². The molecule has 77 heavy (non-hydrogen) atoms. The first-order chi connectivity index (χ1) is 38.0. The van der Waals surface area contributed by atoms with Crippen LogP contribution in [0.2, 0.25) is 0 Å². The fraction of sp³-hybridized carbons (Fsp3) is 0.859. The van der Waals surface area contributed by atoms with Crippen LogP contribution in [0.5, 0.6) is 0 Å². The molecule has 0 aromatic rings. The number of carbonyl (C=O) groups is 2. The van der Waals surface area contributed by atoms with Crippen molar-refractivity contribution in [2.24, 2.45) is 0 Å². The second kappa shape index (κ2) is 66.3. The fourth-order valence-corrected chi connectivity index (χ4v) is 10.5. The monoisotopic (exact) mass is 1080 g/mol. The molecule has 0 aliphatic rings. The zero-order valence-corrected chi connectivity index (χ0v) is 51.7. The maximum absolute atomic E-state index is 12.5. The second-order valence-corrected chi connectivity index (χ2v) is 23.5. The van der Waals surface area contributed by atoms with Crippen molar-refractivity contribution in [2.75, 3.05) is 13.2 Å². The maximum atomic E-state index is 12.5. The Bertz CT molecular complexity index is 1290. The number of allylic oxidation sites excluding steroid dienone is 7. The smallest absolute Gasteiger partial charge is 0.305 e. The zero-order chi connectivity index (χ0) is 55.7. The Kier molecular flexibility index (Phi) is 64.5. The molecule has 1 amide bonds. The van der Waals surface area contributed by atoms with Gasteiger partial charge in [-0.15, -0.1) is 0 Å². The third-order valence-electron chi connectivity index (χ3n) is 15.8. The molecule has 0 rings (SSSR count). The molecule has 6 heteroatoms. The molecule has 0 aliphatic carbocycles. The van der Waals surface area contributed by atoms with Crippen molar-refractivity contribution in [1.82, 2.24) is 5.32 Å². The van der Waals surface area contributed by atoms with Crippen molar-refractivity contribution in [3.63, 3.8) is 0 Å². The van der Waals surface area contributed by atoms with Crippen LogP contribution in [0.4, 0.5) is 0 Å². The summed E-state index contributed by atoms with van der Waals surface area (Å²) in [4.78, 5) is 24.6. The van der Waals surface area contributed by atoms with Crippen LogP contribution in [0, 0.1) is 0 Å². The molecule has 0 saturated heterocycles. The first-order valence-corrected chi connectivity index (χ1v) is 34.4. The SMILES string of the molecule is CCCCCCCC/C=C\CCCCCCCC(=O)OCCCCCCCCCCC/C=C\C/C=C\CCCCCCCCCC(=O)NC(CO)C(O)/C=C/CCCCCCCCCCCCCCCCCCCCCC. The Labute approximate surface area is 480 Å². The number of rotatable bonds is 64. The molecule has 2 unspecified atom stereocenters. The highest BCUT2D eigenvalue weighted by molar-refractivity contribution is 5.76. The highest BCUT2D eigenvalue weighted by Crippen LogP contribution is 2.18. The van der Waals surface area contributed by atoms with Crippen LogP contribution in [0.1, 0.15) is 367 Å². The van der Waals surface area contributed by atoms with Crippen LogP contribution in [-0.2, 0) is 14.3 Å². The third-order valence-corrected chi connectivity index (χ3v) is 15.8. The van der Waals surface area contributed by atoms with E-state index < -0.39 is 12.1 Å². The van der Waals surface area contributed by atoms with E-state index in [0.717, 1.165) is 64.2 Å². The van der Waals surface area contributed by atoms with Crippen molar-refractivity contribution in [3.05, 3.63) is 48.6 Å². The molecule has 0 fully saturated rings. The van der Waals surface area contributed by atoms with Gasteiger partial charge in [0.25, 0.3) is 0 Å². The highest BCUT2D eigenvalue weighted by atomic mass is 16.5. The predicted molar refractivity (Wildman–Crippen MR) is 338 cm³/mol. The van der Waals surface area contributed by atoms with Crippen molar-refractivity contribution in [3.8, 4) is 0 Å². The lowest BCUT2D eigenvalue weighted by Crippen LogP contribution is -2.45. The Morgan fingerprint density at radius 3 is 1.00 bits per heavy atom. The lowest BCUT2D eigenvalue weighted by Gasteiger charge is -2.20. The molecule has 0 spiro atoms. The van der Waals surface area contributed by atoms with Gasteiger partial charge in [-0.1, -0.05) is 313 Å². The Morgan fingerprint density at radius 2 is 0.649 bits per heavy atom. The summed E-state index contributed by atoms with van der Waals surface area (Å²) in [6.45, 7) is 4.91. The Hall–Kier alpha value is -2.18. The van der Waals surface area contributed by atoms with E-state index in [-0.39, 0.29) is 18.5 Å². The Morgan fingerprint density at radius 1 is 0.364 bits per heavy atom. The number of ether oxygens (including phenoxy) is 1. The number of amides is 1. The summed E-state index contributed by atoms with van der Waals surface area (Å²) in [6.07, 6.45) is 86.0. The first-order valence-electron chi connectivity index (χ1n) is 34.4. The number of hydrogen-bond acceptors (Lipinski definition) is 5. The summed E-state index contributed by atoms with van der Waals surface area (Å²) in [5, 5.41) is 23.2. The van der Waals surface area contributed by atoms with E-state index in [1.807, 2.05) is 6.08 Å². The van der Waals surface area contributed by atoms with Gasteiger partial charge in [-0.3, -0.25) is 9.59 Å². The van der Waals surface area contributed by atoms with Crippen molar-refractivity contribution in [1.29, 1.82) is 0 Å². The van der Waals surface area contributed by atoms with E-state index in [2.05, 4.69) is 55.6 Å². The zero-order valence-electron chi connectivity index (χ0n) is 51.7. The molecular formula is C71H133NO5. The van der Waals surface area contributed by atoms with Crippen LogP contribution in [-0.4, -0.2) is 47.4 Å². The number of aliphatic hydroxyl groups excluding tert-OH is 2. The van der Waals surface area contributed by atoms with E-state index in [4.69, 9.17) is 4.74 Å². The maximum Gasteiger partial charge on any atom is 0.305 e. The molecule has 2 atom stereocenters. The number of unbranched alkanes of at least 4 members (excludes halogenated alkanes) is 47. The summed E-state index contributed by atoms with van der Waals surface area (Å²) >= 11 is 0. The summed E-state index contributed by atoms with van der Waals surface area (Å²) in [6, 6.07) is -0.638. The van der Waals surface area contributed by atoms with Crippen LogP contribution >= 0.6 is 0 Å². The molecule has 0 aliphatic heterocycles. The molecular weight excluding hydrogens is 947 g/mol. The third kappa shape index (κ3) is 62.9. The summed E-state index contributed by atoms with van der Waals surface area (Å²) in [7, 11) is 0. The van der Waals surface area contributed by atoms with E-state index in [0.29, 0.717) is 19.4 Å². The minimum absolute atomic E-state index is 0.00125. The van der Waals surface area contributed by atoms with E-state index in [1.165, 1.54) is 276 Å². The van der Waals surface area contributed by atoms with Gasteiger partial charge in [0.2, 0.25) is 5.91 Å². The molecule has 0 saturated carbocycles. The normalized spacial score (nSPS) is 12.8. The standard InChI is InChI=1S/C71H133NO5/c1-3-5-7-9-11-13-15-17-19-20-21-22-26-29-32-36-39-43-47-51-55-59-63-69(74)68(67-73)72-70(75)64-60-56-52-48-44-40-37-33-30-27-24-23-25-28-31-34-38-42-46-50-54-58-62-66-77-71(76)65-61-57-53-49-45-41-35-18-16-14-12-10-8-6-4-2/h18,23,25,27,30,35,59,63,68-69,73-74H,3-17,19-22,24,26,28-29,31-34,36-58,60-62,64-67H2,1-2H3,(H,72,75)/b25-23-,30-27-,35-18-,63-59+. The topological polar surface area (TPSA) is 95.9 Å². The van der Waals surface area contributed by atoms with E-state index >= 15 is 0 Å². The van der Waals surface area contributed by atoms with E-state index in [1.54, 1.807) is 6.08 Å². The minimum atomic E-state index is -0.853. The average Bonchev–Trinajstić information content (AvgIpc) is 3.43. The number of carbonyl (C=O) groups excluding carboxylic acids is 2. The van der Waals surface area contributed by atoms with Gasteiger partial charge in [-0.2, -0.15) is 0 Å². The number of aliphatic hydroxyl groups is 2. The number of esters is 1. The van der Waals surface area contributed by atoms with Gasteiger partial charge in [0.05, 0.1) is 25.4 Å². The highest BCUT2D eigenvalue weighted by Gasteiger charge is 2.18. The molecule has 0 bridgehead atoms. The molecule has 6 nitrogen and oxygen atoms in total. The number of hydrogen-bond donors (Lipinski definition) is 3. The summed E-state index contributed by atoms with van der Waals surface area (Å²) in [5.74, 6) is -0.0770. The fourth-order valence-electron chi connectivity index (χ4n) is 10.5. The van der Waals surface area contributed by atoms with Gasteiger partial charge in [-0.05, 0) is 89.9 Å². The molecule has 0 aromatic heterocycles. The first kappa shape index (κ1) is 74.8. The molecule has 0 radical (unpaired) electrons. The van der Waals surface area contributed by atoms with Crippen molar-refractivity contribution < 1.29 is 24.5 Å². The van der Waals surface area contributed by atoms with E-state index in [9.17, 15) is 19.8 Å². The van der Waals surface area contributed by atoms with Crippen molar-refractivity contribution in [2.45, 2.75) is 379 Å². The lowest BCUT2D eigenvalue weighted by atomic mass is 10.0. The number of nitrogens with one attached hydrogen (secondary N) is 1. The molecule has 0 heterocycles. The van der Waals surface area contributed by atoms with Gasteiger partial charge in [0, 0.05) is 12.8 Å². The Balaban J connectivity index is 3.48. The average molecular weight is 1080 g/mol. The van der Waals surface area contributed by atoms with Crippen LogP contribution in [0.3, 0.4) is 0 Å². The summed E-state index contributed by atoms with van der Waals surface area (Å²) in [5.41, 5.74) is 0. The van der Waals surface area contributed by atoms with Gasteiger partial charge < -0.3 is 20.3 Å². The van der Waals surface area contributed by atoms with Crippen LogP contribution in [0.15, 0.2) is 48.6 Å². The van der Waals surface area contributed by atoms with Gasteiger partial charge in [-0.25, -0.2) is 0 Å². The van der Waals surface area contributed by atoms with Gasteiger partial charge in [0.1, 0.15) is 0 Å². The molecule has 3 N–H and O–H groups in total. The minimum Gasteiger partial charge on any atom is -0.466 e. The quantitative estimate of drug-likeness (QED) is 0.0320. The lowest BCUT2D eigenvalue weighted by molar-refractivity contribution is -0.143. The van der Waals surface area contributed by atoms with Crippen LogP contribution in [0.25, 0.3) is 0 Å². The largest absolute Gasteiger partial charge is 0.466 e.